The van der Waals surface area contributed by atoms with E-state index in [1.807, 2.05) is 29.6 Å². The van der Waals surface area contributed by atoms with E-state index in [0.717, 1.165) is 21.8 Å². The number of thiazole rings is 1. The van der Waals surface area contributed by atoms with Crippen molar-refractivity contribution in [3.63, 3.8) is 0 Å². The largest absolute Gasteiger partial charge is 0.236 e. The first-order valence-corrected chi connectivity index (χ1v) is 7.72. The van der Waals surface area contributed by atoms with Crippen LogP contribution in [0.4, 0.5) is 0 Å². The smallest absolute Gasteiger partial charge is 0.124 e. The van der Waals surface area contributed by atoms with E-state index in [4.69, 9.17) is 28.5 Å². The molecule has 0 N–H and O–H groups in total. The van der Waals surface area contributed by atoms with E-state index in [-0.39, 0.29) is 0 Å². The van der Waals surface area contributed by atoms with Gasteiger partial charge in [0.1, 0.15) is 5.01 Å². The van der Waals surface area contributed by atoms with Gasteiger partial charge in [-0.15, -0.1) is 11.3 Å². The van der Waals surface area contributed by atoms with Crippen molar-refractivity contribution in [1.82, 2.24) is 4.98 Å². The molecule has 0 aliphatic rings. The van der Waals surface area contributed by atoms with Crippen molar-refractivity contribution in [3.8, 4) is 27.9 Å². The molecule has 0 saturated heterocycles. The van der Waals surface area contributed by atoms with E-state index in [0.29, 0.717) is 15.6 Å². The molecule has 3 rings (SSSR count). The van der Waals surface area contributed by atoms with Crippen LogP contribution in [-0.4, -0.2) is 4.98 Å². The van der Waals surface area contributed by atoms with Crippen molar-refractivity contribution in [2.75, 3.05) is 0 Å². The van der Waals surface area contributed by atoms with Crippen molar-refractivity contribution < 1.29 is 0 Å². The summed E-state index contributed by atoms with van der Waals surface area (Å²) in [4.78, 5) is 4.61. The number of rotatable bonds is 2. The van der Waals surface area contributed by atoms with Gasteiger partial charge in [-0.1, -0.05) is 35.3 Å². The molecule has 0 saturated carbocycles. The molecule has 0 unspecified atom stereocenters. The number of nitrogens with zero attached hydrogens (tertiary/aromatic N) is 2. The Morgan fingerprint density at radius 1 is 0.952 bits per heavy atom. The maximum absolute atomic E-state index is 8.82. The monoisotopic (exact) mass is 330 g/mol. The molecule has 0 bridgehead atoms. The fraction of sp³-hybridized carbons (Fsp3) is 0. The first-order valence-electron chi connectivity index (χ1n) is 6.08. The van der Waals surface area contributed by atoms with Crippen LogP contribution in [0.15, 0.2) is 47.8 Å². The van der Waals surface area contributed by atoms with Crippen LogP contribution in [0.2, 0.25) is 10.0 Å². The lowest BCUT2D eigenvalue weighted by Crippen LogP contribution is -1.81. The summed E-state index contributed by atoms with van der Waals surface area (Å²) in [5.74, 6) is 0. The minimum atomic E-state index is 0.590. The van der Waals surface area contributed by atoms with Crippen LogP contribution in [0, 0.1) is 11.3 Å². The molecule has 0 aliphatic carbocycles. The maximum atomic E-state index is 8.82. The van der Waals surface area contributed by atoms with Gasteiger partial charge >= 0.3 is 0 Å². The summed E-state index contributed by atoms with van der Waals surface area (Å²) in [5, 5.41) is 12.8. The minimum absolute atomic E-state index is 0.590. The van der Waals surface area contributed by atoms with E-state index in [1.165, 1.54) is 11.3 Å². The quantitative estimate of drug-likeness (QED) is 0.608. The zero-order chi connectivity index (χ0) is 14.8. The van der Waals surface area contributed by atoms with Crippen LogP contribution >= 0.6 is 34.5 Å². The minimum Gasteiger partial charge on any atom is -0.236 e. The molecule has 3 aromatic rings. The normalized spacial score (nSPS) is 10.3. The number of aromatic nitrogens is 1. The van der Waals surface area contributed by atoms with Gasteiger partial charge in [0.05, 0.1) is 17.3 Å². The van der Waals surface area contributed by atoms with Crippen LogP contribution in [0.1, 0.15) is 5.56 Å². The van der Waals surface area contributed by atoms with Gasteiger partial charge in [-0.2, -0.15) is 5.26 Å². The lowest BCUT2D eigenvalue weighted by atomic mass is 10.1. The highest BCUT2D eigenvalue weighted by Gasteiger charge is 2.08. The summed E-state index contributed by atoms with van der Waals surface area (Å²) in [6.45, 7) is 0. The Labute approximate surface area is 136 Å². The number of halogens is 2. The average Bonchev–Trinajstić information content (AvgIpc) is 2.96. The van der Waals surface area contributed by atoms with Crippen molar-refractivity contribution in [1.29, 1.82) is 5.26 Å². The van der Waals surface area contributed by atoms with Gasteiger partial charge in [0.15, 0.2) is 0 Å². The van der Waals surface area contributed by atoms with E-state index in [2.05, 4.69) is 11.1 Å². The summed E-state index contributed by atoms with van der Waals surface area (Å²) in [7, 11) is 0. The Hall–Kier alpha value is -1.86. The second-order valence-corrected chi connectivity index (χ2v) is 6.12. The molecule has 5 heteroatoms. The van der Waals surface area contributed by atoms with Crippen molar-refractivity contribution in [2.24, 2.45) is 0 Å². The van der Waals surface area contributed by atoms with E-state index < -0.39 is 0 Å². The van der Waals surface area contributed by atoms with Crippen LogP contribution in [0.3, 0.4) is 0 Å². The first-order chi connectivity index (χ1) is 10.2. The summed E-state index contributed by atoms with van der Waals surface area (Å²) < 4.78 is 0. The summed E-state index contributed by atoms with van der Waals surface area (Å²) in [5.41, 5.74) is 3.38. The van der Waals surface area contributed by atoms with Gasteiger partial charge in [0.25, 0.3) is 0 Å². The van der Waals surface area contributed by atoms with Crippen LogP contribution in [0.5, 0.6) is 0 Å². The predicted octanol–water partition coefficient (Wildman–Crippen LogP) is 5.66. The number of hydrogen-bond donors (Lipinski definition) is 0. The molecule has 0 fully saturated rings. The molecule has 2 nitrogen and oxygen atoms in total. The summed E-state index contributed by atoms with van der Waals surface area (Å²) in [6, 6.07) is 14.8. The Balaban J connectivity index is 1.97. The van der Waals surface area contributed by atoms with Crippen molar-refractivity contribution in [3.05, 3.63) is 63.5 Å². The molecule has 0 spiro atoms. The third kappa shape index (κ3) is 3.08. The van der Waals surface area contributed by atoms with E-state index in [1.54, 1.807) is 18.2 Å². The zero-order valence-electron chi connectivity index (χ0n) is 10.7. The first kappa shape index (κ1) is 14.1. The Kier molecular flexibility index (Phi) is 3.94. The highest BCUT2D eigenvalue weighted by molar-refractivity contribution is 7.13. The van der Waals surface area contributed by atoms with Gasteiger partial charge in [0.2, 0.25) is 0 Å². The highest BCUT2D eigenvalue weighted by atomic mass is 35.5. The van der Waals surface area contributed by atoms with Crippen molar-refractivity contribution >= 4 is 34.5 Å². The zero-order valence-corrected chi connectivity index (χ0v) is 13.0. The maximum Gasteiger partial charge on any atom is 0.124 e. The average molecular weight is 331 g/mol. The topological polar surface area (TPSA) is 36.7 Å². The van der Waals surface area contributed by atoms with Crippen molar-refractivity contribution in [2.45, 2.75) is 0 Å². The molecule has 0 atom stereocenters. The molecule has 102 valence electrons. The second kappa shape index (κ2) is 5.87. The molecular formula is C16H8Cl2N2S. The lowest BCUT2D eigenvalue weighted by Gasteiger charge is -1.99. The number of nitriles is 1. The second-order valence-electron chi connectivity index (χ2n) is 4.39. The Morgan fingerprint density at radius 3 is 2.24 bits per heavy atom. The number of benzene rings is 2. The molecule has 0 radical (unpaired) electrons. The molecule has 1 heterocycles. The Morgan fingerprint density at radius 2 is 1.62 bits per heavy atom. The molecule has 0 aliphatic heterocycles. The van der Waals surface area contributed by atoms with E-state index in [9.17, 15) is 0 Å². The number of hydrogen-bond acceptors (Lipinski definition) is 3. The van der Waals surface area contributed by atoms with Crippen LogP contribution < -0.4 is 0 Å². The highest BCUT2D eigenvalue weighted by Crippen LogP contribution is 2.32. The molecular weight excluding hydrogens is 323 g/mol. The Bertz CT molecular complexity index is 812. The molecule has 0 amide bonds. The predicted molar refractivity (Wildman–Crippen MR) is 87.7 cm³/mol. The molecule has 21 heavy (non-hydrogen) atoms. The van der Waals surface area contributed by atoms with Crippen LogP contribution in [-0.2, 0) is 0 Å². The van der Waals surface area contributed by atoms with Gasteiger partial charge in [-0.25, -0.2) is 4.98 Å². The third-order valence-corrected chi connectivity index (χ3v) is 4.25. The van der Waals surface area contributed by atoms with Gasteiger partial charge < -0.3 is 0 Å². The van der Waals surface area contributed by atoms with Crippen LogP contribution in [0.25, 0.3) is 21.8 Å². The van der Waals surface area contributed by atoms with E-state index >= 15 is 0 Å². The standard InChI is InChI=1S/C16H8Cl2N2S/c17-13-5-12(6-14(18)7-13)16-20-15(9-21-16)11-3-1-10(8-19)2-4-11/h1-7,9H. The summed E-state index contributed by atoms with van der Waals surface area (Å²) in [6.07, 6.45) is 0. The van der Waals surface area contributed by atoms with Gasteiger partial charge in [-0.05, 0) is 30.3 Å². The van der Waals surface area contributed by atoms with Gasteiger partial charge in [-0.3, -0.25) is 0 Å². The van der Waals surface area contributed by atoms with Gasteiger partial charge in [0, 0.05) is 26.6 Å². The molecule has 1 aromatic heterocycles. The summed E-state index contributed by atoms with van der Waals surface area (Å²) >= 11 is 13.6. The fourth-order valence-electron chi connectivity index (χ4n) is 1.93. The molecule has 2 aromatic carbocycles. The SMILES string of the molecule is N#Cc1ccc(-c2csc(-c3cc(Cl)cc(Cl)c3)n2)cc1. The lowest BCUT2D eigenvalue weighted by molar-refractivity contribution is 1.40. The third-order valence-electron chi connectivity index (χ3n) is 2.92. The fourth-order valence-corrected chi connectivity index (χ4v) is 3.27.